The highest BCUT2D eigenvalue weighted by Crippen LogP contribution is 2.25. The predicted molar refractivity (Wildman–Crippen MR) is 138 cm³/mol. The minimum Gasteiger partial charge on any atom is -0.494 e. The van der Waals surface area contributed by atoms with Crippen LogP contribution in [-0.4, -0.2) is 23.3 Å². The topological polar surface area (TPSA) is 55.6 Å². The van der Waals surface area contributed by atoms with Crippen LogP contribution in [0.5, 0.6) is 5.75 Å². The van der Waals surface area contributed by atoms with Gasteiger partial charge in [-0.05, 0) is 84.5 Å². The second-order valence-corrected chi connectivity index (χ2v) is 8.63. The van der Waals surface area contributed by atoms with Crippen LogP contribution in [0.25, 0.3) is 10.9 Å². The highest BCUT2D eigenvalue weighted by atomic mass is 127. The number of ether oxygens (including phenoxy) is 1. The normalized spacial score (nSPS) is 11.2. The summed E-state index contributed by atoms with van der Waals surface area (Å²) >= 11 is 2.32. The first-order valence-corrected chi connectivity index (χ1v) is 11.5. The molecule has 0 unspecified atom stereocenters. The van der Waals surface area contributed by atoms with Crippen molar-refractivity contribution >= 4 is 45.6 Å². The number of halogens is 1. The van der Waals surface area contributed by atoms with Gasteiger partial charge in [0.05, 0.1) is 12.8 Å². The van der Waals surface area contributed by atoms with Crippen molar-refractivity contribution in [1.82, 2.24) is 9.99 Å². The molecule has 0 saturated heterocycles. The first-order valence-electron chi connectivity index (χ1n) is 10.5. The summed E-state index contributed by atoms with van der Waals surface area (Å²) in [4.78, 5) is 12.5. The van der Waals surface area contributed by atoms with E-state index in [1.165, 1.54) is 9.13 Å². The average Bonchev–Trinajstić information content (AvgIpc) is 3.07. The van der Waals surface area contributed by atoms with E-state index in [2.05, 4.69) is 81.0 Å². The average molecular weight is 537 g/mol. The molecule has 1 aromatic heterocycles. The van der Waals surface area contributed by atoms with E-state index >= 15 is 0 Å². The molecule has 1 N–H and O–H groups in total. The fourth-order valence-corrected chi connectivity index (χ4v) is 4.05. The van der Waals surface area contributed by atoms with Crippen molar-refractivity contribution in [2.45, 2.75) is 20.4 Å². The molecule has 0 saturated carbocycles. The number of nitrogens with zero attached hydrogens (tertiary/aromatic N) is 2. The van der Waals surface area contributed by atoms with Gasteiger partial charge < -0.3 is 9.30 Å². The summed E-state index contributed by atoms with van der Waals surface area (Å²) in [5.74, 6) is 0.480. The number of hydrogen-bond donors (Lipinski definition) is 1. The molecule has 1 amide bonds. The van der Waals surface area contributed by atoms with Crippen LogP contribution in [0.15, 0.2) is 77.9 Å². The monoisotopic (exact) mass is 537 g/mol. The number of hydrogen-bond acceptors (Lipinski definition) is 3. The zero-order chi connectivity index (χ0) is 22.5. The van der Waals surface area contributed by atoms with E-state index in [-0.39, 0.29) is 5.91 Å². The van der Waals surface area contributed by atoms with E-state index < -0.39 is 0 Å². The second kappa shape index (κ2) is 9.99. The third kappa shape index (κ3) is 4.85. The summed E-state index contributed by atoms with van der Waals surface area (Å²) in [5.41, 5.74) is 7.64. The number of carbonyl (C=O) groups excluding carboxylic acids is 1. The summed E-state index contributed by atoms with van der Waals surface area (Å²) in [5, 5.41) is 5.36. The molecule has 0 bridgehead atoms. The van der Waals surface area contributed by atoms with Crippen LogP contribution in [0, 0.1) is 10.5 Å². The van der Waals surface area contributed by atoms with Crippen LogP contribution in [0.4, 0.5) is 0 Å². The SMILES string of the molecule is CCOc1ccc(C(=O)N/N=C\c2c(C)n(Cc3ccc(I)cc3)c3ccccc23)cc1. The van der Waals surface area contributed by atoms with Crippen molar-refractivity contribution in [3.05, 3.63) is 98.8 Å². The Kier molecular flexibility index (Phi) is 6.90. The molecule has 4 rings (SSSR count). The maximum absolute atomic E-state index is 12.5. The number of fused-ring (bicyclic) bond motifs is 1. The molecule has 0 spiro atoms. The van der Waals surface area contributed by atoms with Gasteiger partial charge in [0.25, 0.3) is 5.91 Å². The fourth-order valence-electron chi connectivity index (χ4n) is 3.69. The Morgan fingerprint density at radius 2 is 1.78 bits per heavy atom. The highest BCUT2D eigenvalue weighted by molar-refractivity contribution is 14.1. The number of rotatable bonds is 7. The number of aromatic nitrogens is 1. The van der Waals surface area contributed by atoms with E-state index in [9.17, 15) is 4.79 Å². The maximum Gasteiger partial charge on any atom is 0.271 e. The Morgan fingerprint density at radius 3 is 2.50 bits per heavy atom. The molecule has 0 aliphatic heterocycles. The van der Waals surface area contributed by atoms with E-state index in [0.717, 1.165) is 34.5 Å². The lowest BCUT2D eigenvalue weighted by Gasteiger charge is -2.09. The van der Waals surface area contributed by atoms with Gasteiger partial charge in [0.1, 0.15) is 5.75 Å². The molecular weight excluding hydrogens is 513 g/mol. The van der Waals surface area contributed by atoms with Crippen LogP contribution < -0.4 is 10.2 Å². The number of carbonyl (C=O) groups is 1. The number of benzene rings is 3. The first-order chi connectivity index (χ1) is 15.6. The van der Waals surface area contributed by atoms with Crippen LogP contribution in [0.3, 0.4) is 0 Å². The zero-order valence-corrected chi connectivity index (χ0v) is 20.2. The van der Waals surface area contributed by atoms with Crippen molar-refractivity contribution in [1.29, 1.82) is 0 Å². The fraction of sp³-hybridized carbons (Fsp3) is 0.154. The summed E-state index contributed by atoms with van der Waals surface area (Å²) in [7, 11) is 0. The van der Waals surface area contributed by atoms with Gasteiger partial charge >= 0.3 is 0 Å². The number of amides is 1. The Bertz CT molecular complexity index is 1260. The molecule has 6 heteroatoms. The number of hydrazone groups is 1. The van der Waals surface area contributed by atoms with E-state index in [0.29, 0.717) is 12.2 Å². The molecule has 0 aliphatic carbocycles. The van der Waals surface area contributed by atoms with Crippen LogP contribution in [-0.2, 0) is 6.54 Å². The van der Waals surface area contributed by atoms with Gasteiger partial charge in [-0.25, -0.2) is 5.43 Å². The third-order valence-corrected chi connectivity index (χ3v) is 6.04. The van der Waals surface area contributed by atoms with Gasteiger partial charge in [-0.3, -0.25) is 4.79 Å². The lowest BCUT2D eigenvalue weighted by molar-refractivity contribution is 0.0955. The van der Waals surface area contributed by atoms with Gasteiger partial charge in [-0.1, -0.05) is 30.3 Å². The van der Waals surface area contributed by atoms with Gasteiger partial charge in [0, 0.05) is 37.8 Å². The van der Waals surface area contributed by atoms with E-state index in [4.69, 9.17) is 4.74 Å². The van der Waals surface area contributed by atoms with Crippen LogP contribution >= 0.6 is 22.6 Å². The molecule has 1 heterocycles. The predicted octanol–water partition coefficient (Wildman–Crippen LogP) is 5.77. The smallest absolute Gasteiger partial charge is 0.271 e. The largest absolute Gasteiger partial charge is 0.494 e. The Hall–Kier alpha value is -3.13. The third-order valence-electron chi connectivity index (χ3n) is 5.32. The summed E-state index contributed by atoms with van der Waals surface area (Å²) in [6.07, 6.45) is 1.73. The molecule has 0 fully saturated rings. The lowest BCUT2D eigenvalue weighted by Crippen LogP contribution is -2.17. The van der Waals surface area contributed by atoms with Gasteiger partial charge in [-0.15, -0.1) is 0 Å². The van der Waals surface area contributed by atoms with E-state index in [1.54, 1.807) is 30.5 Å². The second-order valence-electron chi connectivity index (χ2n) is 7.39. The Morgan fingerprint density at radius 1 is 1.06 bits per heavy atom. The summed E-state index contributed by atoms with van der Waals surface area (Å²) in [6.45, 7) is 5.37. The Labute approximate surface area is 201 Å². The molecule has 0 atom stereocenters. The molecule has 5 nitrogen and oxygen atoms in total. The molecule has 3 aromatic carbocycles. The molecule has 0 radical (unpaired) electrons. The van der Waals surface area contributed by atoms with E-state index in [1.807, 2.05) is 19.1 Å². The molecule has 32 heavy (non-hydrogen) atoms. The minimum absolute atomic E-state index is 0.260. The zero-order valence-electron chi connectivity index (χ0n) is 18.0. The molecule has 162 valence electrons. The quantitative estimate of drug-likeness (QED) is 0.185. The summed E-state index contributed by atoms with van der Waals surface area (Å²) < 4.78 is 8.92. The van der Waals surface area contributed by atoms with Crippen molar-refractivity contribution in [3.8, 4) is 5.75 Å². The minimum atomic E-state index is -0.260. The lowest BCUT2D eigenvalue weighted by atomic mass is 10.1. The Balaban J connectivity index is 1.56. The number of para-hydroxylation sites is 1. The first kappa shape index (κ1) is 22.1. The van der Waals surface area contributed by atoms with Gasteiger partial charge in [-0.2, -0.15) is 5.10 Å². The van der Waals surface area contributed by atoms with Gasteiger partial charge in [0.2, 0.25) is 0 Å². The number of nitrogens with one attached hydrogen (secondary N) is 1. The van der Waals surface area contributed by atoms with Gasteiger partial charge in [0.15, 0.2) is 0 Å². The molecular formula is C26H24IN3O2. The molecule has 4 aromatic rings. The van der Waals surface area contributed by atoms with Crippen LogP contribution in [0.1, 0.15) is 34.1 Å². The van der Waals surface area contributed by atoms with Crippen molar-refractivity contribution in [2.75, 3.05) is 6.61 Å². The standard InChI is InChI=1S/C26H24IN3O2/c1-3-32-22-14-10-20(11-15-22)26(31)29-28-16-24-18(2)30(25-7-5-4-6-23(24)25)17-19-8-12-21(27)13-9-19/h4-16H,3,17H2,1-2H3,(H,29,31)/b28-16-. The summed E-state index contributed by atoms with van der Waals surface area (Å²) in [6, 6.07) is 23.8. The van der Waals surface area contributed by atoms with Crippen molar-refractivity contribution in [3.63, 3.8) is 0 Å². The maximum atomic E-state index is 12.5. The van der Waals surface area contributed by atoms with Crippen molar-refractivity contribution < 1.29 is 9.53 Å². The van der Waals surface area contributed by atoms with Crippen molar-refractivity contribution in [2.24, 2.45) is 5.10 Å². The van der Waals surface area contributed by atoms with Crippen LogP contribution in [0.2, 0.25) is 0 Å². The molecule has 0 aliphatic rings. The highest BCUT2D eigenvalue weighted by Gasteiger charge is 2.13.